The predicted octanol–water partition coefficient (Wildman–Crippen LogP) is 16.3. The van der Waals surface area contributed by atoms with Crippen LogP contribution in [-0.4, -0.2) is 13.4 Å². The molecule has 16 rings (SSSR count). The second-order valence-corrected chi connectivity index (χ2v) is 22.8. The van der Waals surface area contributed by atoms with Gasteiger partial charge in [-0.25, -0.2) is 0 Å². The first-order chi connectivity index (χ1) is 41.3. The van der Waals surface area contributed by atoms with Crippen LogP contribution in [0.4, 0.5) is 85.3 Å². The Bertz CT molecular complexity index is 4560. The van der Waals surface area contributed by atoms with E-state index in [4.69, 9.17) is 4.74 Å². The van der Waals surface area contributed by atoms with Crippen LogP contribution < -0.4 is 62.0 Å². The summed E-state index contributed by atoms with van der Waals surface area (Å²) in [6.45, 7) is 8.42. The molecule has 0 saturated carbocycles. The Morgan fingerprint density at radius 1 is 0.262 bits per heavy atom. The minimum absolute atomic E-state index is 0.150. The van der Waals surface area contributed by atoms with Crippen molar-refractivity contribution >= 4 is 132 Å². The molecule has 0 atom stereocenters. The molecule has 0 unspecified atom stereocenters. The Hall–Kier alpha value is -10.4. The van der Waals surface area contributed by atoms with Crippen LogP contribution in [0.3, 0.4) is 0 Å². The summed E-state index contributed by atoms with van der Waals surface area (Å²) in [5, 5.41) is 0. The molecule has 0 spiro atoms. The van der Waals surface area contributed by atoms with Crippen molar-refractivity contribution in [1.29, 1.82) is 0 Å². The number of rotatable bonds is 9. The highest BCUT2D eigenvalue weighted by molar-refractivity contribution is 7.02. The van der Waals surface area contributed by atoms with Gasteiger partial charge in [0.25, 0.3) is 13.4 Å². The van der Waals surface area contributed by atoms with Gasteiger partial charge in [-0.3, -0.25) is 0 Å². The average molecular weight is 1080 g/mol. The molecule has 8 heteroatoms. The number of para-hydroxylation sites is 5. The maximum absolute atomic E-state index is 7.33. The molecule has 0 aromatic heterocycles. The van der Waals surface area contributed by atoms with Crippen molar-refractivity contribution in [3.05, 3.63) is 295 Å². The highest BCUT2D eigenvalue weighted by atomic mass is 16.5. The first-order valence-electron chi connectivity index (χ1n) is 29.1. The van der Waals surface area contributed by atoms with Gasteiger partial charge < -0.3 is 29.2 Å². The van der Waals surface area contributed by atoms with Crippen LogP contribution in [0.5, 0.6) is 11.5 Å². The molecule has 84 heavy (non-hydrogen) atoms. The van der Waals surface area contributed by atoms with E-state index in [0.29, 0.717) is 0 Å². The highest BCUT2D eigenvalue weighted by Crippen LogP contribution is 2.51. The van der Waals surface area contributed by atoms with Crippen LogP contribution in [0, 0.1) is 27.7 Å². The molecular weight excluding hydrogens is 1020 g/mol. The van der Waals surface area contributed by atoms with Crippen molar-refractivity contribution in [1.82, 2.24) is 0 Å². The summed E-state index contributed by atoms with van der Waals surface area (Å²) < 4.78 is 7.33. The topological polar surface area (TPSA) is 25.4 Å². The maximum atomic E-state index is 7.33. The molecule has 0 aliphatic carbocycles. The molecule has 0 fully saturated rings. The zero-order valence-corrected chi connectivity index (χ0v) is 47.3. The molecule has 4 aliphatic heterocycles. The second kappa shape index (κ2) is 19.6. The second-order valence-electron chi connectivity index (χ2n) is 22.8. The summed E-state index contributed by atoms with van der Waals surface area (Å²) in [5.41, 5.74) is 28.4. The van der Waals surface area contributed by atoms with Crippen LogP contribution >= 0.6 is 0 Å². The fourth-order valence-electron chi connectivity index (χ4n) is 13.8. The third-order valence-corrected chi connectivity index (χ3v) is 17.4. The van der Waals surface area contributed by atoms with Crippen LogP contribution in [0.1, 0.15) is 22.3 Å². The molecule has 0 amide bonds. The number of benzene rings is 12. The summed E-state index contributed by atoms with van der Waals surface area (Å²) in [6, 6.07) is 101. The number of hydrogen-bond acceptors (Lipinski definition) is 6. The summed E-state index contributed by atoms with van der Waals surface area (Å²) >= 11 is 0. The van der Waals surface area contributed by atoms with Crippen molar-refractivity contribution in [2.45, 2.75) is 27.7 Å². The van der Waals surface area contributed by atoms with E-state index in [1.54, 1.807) is 0 Å². The number of fused-ring (bicyclic) bond motifs is 8. The third-order valence-electron chi connectivity index (χ3n) is 17.4. The third kappa shape index (κ3) is 7.96. The number of nitrogens with zero attached hydrogens (tertiary/aromatic N) is 5. The van der Waals surface area contributed by atoms with Gasteiger partial charge in [0, 0.05) is 80.0 Å². The minimum Gasteiger partial charge on any atom is -0.458 e. The van der Waals surface area contributed by atoms with Gasteiger partial charge in [-0.1, -0.05) is 146 Å². The molecule has 0 saturated heterocycles. The maximum Gasteiger partial charge on any atom is 0.256 e. The predicted molar refractivity (Wildman–Crippen MR) is 355 cm³/mol. The van der Waals surface area contributed by atoms with E-state index < -0.39 is 0 Å². The molecule has 0 radical (unpaired) electrons. The number of ether oxygens (including phenoxy) is 1. The molecule has 0 bridgehead atoms. The molecule has 0 N–H and O–H groups in total. The van der Waals surface area contributed by atoms with Crippen molar-refractivity contribution < 1.29 is 4.74 Å². The van der Waals surface area contributed by atoms with E-state index in [1.165, 1.54) is 44.2 Å². The van der Waals surface area contributed by atoms with Crippen LogP contribution in [0.15, 0.2) is 273 Å². The summed E-state index contributed by atoms with van der Waals surface area (Å²) in [4.78, 5) is 12.4. The SMILES string of the molecule is Cc1cccc(N(c2ccccc2)c2cc3c4c(c2)N(c2ccccc2)c2cc5c(cc2B4c2ccc(C)cc2O3)B2c3ccc(C)cc3N(c3ccccc3)c3cc(N(c4ccccc4)c4cccc(C)c4)cc(c32)N5c2ccccc2)c1. The zero-order valence-electron chi connectivity index (χ0n) is 47.3. The van der Waals surface area contributed by atoms with Gasteiger partial charge in [0.2, 0.25) is 0 Å². The highest BCUT2D eigenvalue weighted by Gasteiger charge is 2.48. The fraction of sp³-hybridized carbons (Fsp3) is 0.0526. The number of aryl methyl sites for hydroxylation is 4. The Morgan fingerprint density at radius 3 is 1.14 bits per heavy atom. The Balaban J connectivity index is 1.02. The molecule has 398 valence electrons. The lowest BCUT2D eigenvalue weighted by Gasteiger charge is -2.47. The first-order valence-corrected chi connectivity index (χ1v) is 29.1. The van der Waals surface area contributed by atoms with Gasteiger partial charge in [-0.15, -0.1) is 0 Å². The van der Waals surface area contributed by atoms with E-state index in [9.17, 15) is 0 Å². The van der Waals surface area contributed by atoms with Crippen molar-refractivity contribution in [3.8, 4) is 11.5 Å². The quantitative estimate of drug-likeness (QED) is 0.134. The summed E-state index contributed by atoms with van der Waals surface area (Å²) in [6.07, 6.45) is 0. The molecule has 12 aromatic rings. The van der Waals surface area contributed by atoms with E-state index in [-0.39, 0.29) is 13.4 Å². The normalized spacial score (nSPS) is 13.0. The smallest absolute Gasteiger partial charge is 0.256 e. The van der Waals surface area contributed by atoms with Crippen LogP contribution in [-0.2, 0) is 0 Å². The Labute approximate surface area is 492 Å². The van der Waals surface area contributed by atoms with Gasteiger partial charge in [-0.05, 0) is 204 Å². The van der Waals surface area contributed by atoms with Gasteiger partial charge >= 0.3 is 0 Å². The van der Waals surface area contributed by atoms with Crippen LogP contribution in [0.2, 0.25) is 0 Å². The lowest BCUT2D eigenvalue weighted by Crippen LogP contribution is -2.64. The van der Waals surface area contributed by atoms with Crippen molar-refractivity contribution in [2.24, 2.45) is 0 Å². The van der Waals surface area contributed by atoms with E-state index in [1.807, 2.05) is 0 Å². The molecular formula is C76H57B2N5O. The standard InChI is InChI=1S/C76H57B2N5O/c1-50-22-20-34-59(40-50)79(54-24-10-5-11-25-54)61-44-70-75-71(45-61)82(57-30-16-8-17-31-57)68-49-69-66(48-65(68)77(75)63-38-36-52(3)42-67(63)81(70)56-28-14-7-15-29-56)78-64-39-37-53(4)43-73(64)84-74-47-62(46-72(76(74)78)83(69)58-32-18-9-19-33-58)80(55-26-12-6-13-27-55)60-35-21-23-51(2)41-60/h5-49H,1-4H3. The van der Waals surface area contributed by atoms with Crippen molar-refractivity contribution in [3.63, 3.8) is 0 Å². The zero-order chi connectivity index (χ0) is 56.2. The van der Waals surface area contributed by atoms with E-state index in [2.05, 4.69) is 325 Å². The van der Waals surface area contributed by atoms with E-state index >= 15 is 0 Å². The molecule has 6 nitrogen and oxygen atoms in total. The Kier molecular flexibility index (Phi) is 11.5. The van der Waals surface area contributed by atoms with E-state index in [0.717, 1.165) is 108 Å². The Morgan fingerprint density at radius 2 is 0.655 bits per heavy atom. The molecule has 12 aromatic carbocycles. The van der Waals surface area contributed by atoms with Gasteiger partial charge in [0.05, 0.1) is 11.4 Å². The minimum atomic E-state index is -0.165. The average Bonchev–Trinajstić information content (AvgIpc) is 0.908. The van der Waals surface area contributed by atoms with Gasteiger partial charge in [0.15, 0.2) is 0 Å². The summed E-state index contributed by atoms with van der Waals surface area (Å²) in [5.74, 6) is 1.73. The monoisotopic (exact) mass is 1080 g/mol. The van der Waals surface area contributed by atoms with Gasteiger partial charge in [-0.2, -0.15) is 0 Å². The number of anilines is 15. The van der Waals surface area contributed by atoms with Crippen LogP contribution in [0.25, 0.3) is 0 Å². The lowest BCUT2D eigenvalue weighted by atomic mass is 9.30. The molecule has 4 aliphatic rings. The lowest BCUT2D eigenvalue weighted by molar-refractivity contribution is 0.487. The van der Waals surface area contributed by atoms with Crippen molar-refractivity contribution in [2.75, 3.05) is 24.5 Å². The largest absolute Gasteiger partial charge is 0.458 e. The molecule has 4 heterocycles. The summed E-state index contributed by atoms with van der Waals surface area (Å²) in [7, 11) is 0. The fourth-order valence-corrected chi connectivity index (χ4v) is 13.8. The first kappa shape index (κ1) is 49.4. The number of hydrogen-bond donors (Lipinski definition) is 0. The van der Waals surface area contributed by atoms with Gasteiger partial charge in [0.1, 0.15) is 11.5 Å².